The van der Waals surface area contributed by atoms with Gasteiger partial charge in [0.2, 0.25) is 0 Å². The zero-order valence-corrected chi connectivity index (χ0v) is 9.33. The number of hydrogen-bond donors (Lipinski definition) is 1. The van der Waals surface area contributed by atoms with Gasteiger partial charge in [-0.2, -0.15) is 0 Å². The standard InChI is InChI=1S/C12H20N2/c1-10-4-6-11(7-5-10)8-12(13)9-14(2)3/h4-7,12H,8-9,13H2,1-3H3. The van der Waals surface area contributed by atoms with Gasteiger partial charge in [-0.15, -0.1) is 0 Å². The molecule has 1 atom stereocenters. The van der Waals surface area contributed by atoms with E-state index in [0.717, 1.165) is 13.0 Å². The first kappa shape index (κ1) is 11.2. The Morgan fingerprint density at radius 1 is 1.21 bits per heavy atom. The van der Waals surface area contributed by atoms with Crippen LogP contribution in [0.4, 0.5) is 0 Å². The van der Waals surface area contributed by atoms with Crippen molar-refractivity contribution in [3.05, 3.63) is 35.4 Å². The van der Waals surface area contributed by atoms with Gasteiger partial charge >= 0.3 is 0 Å². The molecule has 0 amide bonds. The molecule has 1 aromatic rings. The molecule has 0 spiro atoms. The molecule has 0 aromatic heterocycles. The molecular weight excluding hydrogens is 172 g/mol. The number of aryl methyl sites for hydroxylation is 1. The quantitative estimate of drug-likeness (QED) is 0.782. The molecule has 1 aromatic carbocycles. The van der Waals surface area contributed by atoms with Crippen molar-refractivity contribution in [2.24, 2.45) is 5.73 Å². The largest absolute Gasteiger partial charge is 0.326 e. The van der Waals surface area contributed by atoms with E-state index in [9.17, 15) is 0 Å². The van der Waals surface area contributed by atoms with Crippen LogP contribution in [0, 0.1) is 6.92 Å². The van der Waals surface area contributed by atoms with Gasteiger partial charge in [0, 0.05) is 12.6 Å². The molecule has 0 bridgehead atoms. The lowest BCUT2D eigenvalue weighted by molar-refractivity contribution is 0.371. The lowest BCUT2D eigenvalue weighted by Gasteiger charge is -2.16. The summed E-state index contributed by atoms with van der Waals surface area (Å²) in [6.45, 7) is 3.04. The van der Waals surface area contributed by atoms with Crippen molar-refractivity contribution in [1.82, 2.24) is 4.90 Å². The van der Waals surface area contributed by atoms with E-state index >= 15 is 0 Å². The first-order valence-corrected chi connectivity index (χ1v) is 5.04. The molecule has 1 unspecified atom stereocenters. The smallest absolute Gasteiger partial charge is 0.0208 e. The molecule has 0 saturated carbocycles. The van der Waals surface area contributed by atoms with Gasteiger partial charge in [0.05, 0.1) is 0 Å². The molecule has 2 N–H and O–H groups in total. The minimum Gasteiger partial charge on any atom is -0.326 e. The van der Waals surface area contributed by atoms with Crippen molar-refractivity contribution in [2.45, 2.75) is 19.4 Å². The molecule has 2 heteroatoms. The van der Waals surface area contributed by atoms with Crippen molar-refractivity contribution in [1.29, 1.82) is 0 Å². The maximum absolute atomic E-state index is 6.00. The predicted octanol–water partition coefficient (Wildman–Crippen LogP) is 1.43. The second kappa shape index (κ2) is 5.13. The highest BCUT2D eigenvalue weighted by Crippen LogP contribution is 2.05. The average molecular weight is 192 g/mol. The third kappa shape index (κ3) is 3.90. The molecule has 0 aliphatic rings. The van der Waals surface area contributed by atoms with E-state index in [2.05, 4.69) is 50.2 Å². The summed E-state index contributed by atoms with van der Waals surface area (Å²) in [5, 5.41) is 0. The van der Waals surface area contributed by atoms with Crippen molar-refractivity contribution >= 4 is 0 Å². The second-order valence-corrected chi connectivity index (χ2v) is 4.21. The van der Waals surface area contributed by atoms with Crippen molar-refractivity contribution in [3.63, 3.8) is 0 Å². The molecule has 78 valence electrons. The van der Waals surface area contributed by atoms with Crippen LogP contribution in [0.2, 0.25) is 0 Å². The minimum absolute atomic E-state index is 0.229. The lowest BCUT2D eigenvalue weighted by atomic mass is 10.1. The highest BCUT2D eigenvalue weighted by molar-refractivity contribution is 5.22. The molecule has 0 aliphatic carbocycles. The first-order chi connectivity index (χ1) is 6.58. The van der Waals surface area contributed by atoms with Crippen LogP contribution in [0.5, 0.6) is 0 Å². The Morgan fingerprint density at radius 3 is 2.29 bits per heavy atom. The monoisotopic (exact) mass is 192 g/mol. The first-order valence-electron chi connectivity index (χ1n) is 5.04. The van der Waals surface area contributed by atoms with Crippen LogP contribution in [-0.2, 0) is 6.42 Å². The van der Waals surface area contributed by atoms with E-state index in [0.29, 0.717) is 0 Å². The topological polar surface area (TPSA) is 29.3 Å². The molecule has 14 heavy (non-hydrogen) atoms. The maximum atomic E-state index is 6.00. The van der Waals surface area contributed by atoms with Crippen LogP contribution >= 0.6 is 0 Å². The highest BCUT2D eigenvalue weighted by Gasteiger charge is 2.04. The molecular formula is C12H20N2. The summed E-state index contributed by atoms with van der Waals surface area (Å²) in [6.07, 6.45) is 0.957. The Hall–Kier alpha value is -0.860. The van der Waals surface area contributed by atoms with Crippen LogP contribution < -0.4 is 5.73 Å². The van der Waals surface area contributed by atoms with Gasteiger partial charge in [0.1, 0.15) is 0 Å². The predicted molar refractivity (Wildman–Crippen MR) is 61.4 cm³/mol. The molecule has 0 heterocycles. The summed E-state index contributed by atoms with van der Waals surface area (Å²) in [6, 6.07) is 8.82. The molecule has 0 saturated heterocycles. The van der Waals surface area contributed by atoms with Crippen LogP contribution in [0.15, 0.2) is 24.3 Å². The van der Waals surface area contributed by atoms with Gasteiger partial charge in [-0.3, -0.25) is 0 Å². The van der Waals surface area contributed by atoms with E-state index in [1.54, 1.807) is 0 Å². The summed E-state index contributed by atoms with van der Waals surface area (Å²) in [5.41, 5.74) is 8.63. The van der Waals surface area contributed by atoms with E-state index in [1.165, 1.54) is 11.1 Å². The molecule has 2 nitrogen and oxygen atoms in total. The summed E-state index contributed by atoms with van der Waals surface area (Å²) in [5.74, 6) is 0. The number of hydrogen-bond acceptors (Lipinski definition) is 2. The Bertz CT molecular complexity index is 264. The van der Waals surface area contributed by atoms with Crippen molar-refractivity contribution in [3.8, 4) is 0 Å². The fourth-order valence-electron chi connectivity index (χ4n) is 1.56. The lowest BCUT2D eigenvalue weighted by Crippen LogP contribution is -2.34. The summed E-state index contributed by atoms with van der Waals surface area (Å²) < 4.78 is 0. The fourth-order valence-corrected chi connectivity index (χ4v) is 1.56. The van der Waals surface area contributed by atoms with E-state index in [4.69, 9.17) is 5.73 Å². The van der Waals surface area contributed by atoms with Gasteiger partial charge < -0.3 is 10.6 Å². The zero-order valence-electron chi connectivity index (χ0n) is 9.33. The summed E-state index contributed by atoms with van der Waals surface area (Å²) in [4.78, 5) is 2.12. The third-order valence-electron chi connectivity index (χ3n) is 2.22. The van der Waals surface area contributed by atoms with Gasteiger partial charge in [-0.05, 0) is 33.0 Å². The van der Waals surface area contributed by atoms with Crippen molar-refractivity contribution in [2.75, 3.05) is 20.6 Å². The van der Waals surface area contributed by atoms with Gasteiger partial charge in [-0.25, -0.2) is 0 Å². The Kier molecular flexibility index (Phi) is 4.11. The second-order valence-electron chi connectivity index (χ2n) is 4.21. The van der Waals surface area contributed by atoms with Crippen LogP contribution in [0.1, 0.15) is 11.1 Å². The number of likely N-dealkylation sites (N-methyl/N-ethyl adjacent to an activating group) is 1. The minimum atomic E-state index is 0.229. The molecule has 0 radical (unpaired) electrons. The van der Waals surface area contributed by atoms with E-state index in [-0.39, 0.29) is 6.04 Å². The van der Waals surface area contributed by atoms with Gasteiger partial charge in [0.25, 0.3) is 0 Å². The maximum Gasteiger partial charge on any atom is 0.0208 e. The SMILES string of the molecule is Cc1ccc(CC(N)CN(C)C)cc1. The van der Waals surface area contributed by atoms with Crippen LogP contribution in [0.3, 0.4) is 0 Å². The average Bonchev–Trinajstić information content (AvgIpc) is 2.07. The fraction of sp³-hybridized carbons (Fsp3) is 0.500. The number of nitrogens with zero attached hydrogens (tertiary/aromatic N) is 1. The Labute approximate surface area is 86.7 Å². The molecule has 0 fully saturated rings. The van der Waals surface area contributed by atoms with E-state index in [1.807, 2.05) is 0 Å². The summed E-state index contributed by atoms with van der Waals surface area (Å²) >= 11 is 0. The van der Waals surface area contributed by atoms with Gasteiger partial charge in [0.15, 0.2) is 0 Å². The number of rotatable bonds is 4. The van der Waals surface area contributed by atoms with Gasteiger partial charge in [-0.1, -0.05) is 29.8 Å². The molecule has 1 rings (SSSR count). The third-order valence-corrected chi connectivity index (χ3v) is 2.22. The summed E-state index contributed by atoms with van der Waals surface area (Å²) in [7, 11) is 4.10. The van der Waals surface area contributed by atoms with E-state index < -0.39 is 0 Å². The number of benzene rings is 1. The van der Waals surface area contributed by atoms with Crippen LogP contribution in [-0.4, -0.2) is 31.6 Å². The molecule has 0 aliphatic heterocycles. The van der Waals surface area contributed by atoms with Crippen LogP contribution in [0.25, 0.3) is 0 Å². The Morgan fingerprint density at radius 2 is 1.79 bits per heavy atom. The number of nitrogens with two attached hydrogens (primary N) is 1. The Balaban J connectivity index is 2.47. The highest BCUT2D eigenvalue weighted by atomic mass is 15.1. The normalized spacial score (nSPS) is 13.2. The van der Waals surface area contributed by atoms with Crippen molar-refractivity contribution < 1.29 is 0 Å². The zero-order chi connectivity index (χ0) is 10.6.